The second kappa shape index (κ2) is 9.85. The number of hydrogen-bond donors (Lipinski definition) is 2. The van der Waals surface area contributed by atoms with Crippen LogP contribution in [0.3, 0.4) is 0 Å². The van der Waals surface area contributed by atoms with Gasteiger partial charge in [0, 0.05) is 32.3 Å². The van der Waals surface area contributed by atoms with Crippen molar-refractivity contribution in [2.75, 3.05) is 45.8 Å². The quantitative estimate of drug-likeness (QED) is 0.393. The van der Waals surface area contributed by atoms with Gasteiger partial charge < -0.3 is 34.3 Å². The van der Waals surface area contributed by atoms with Gasteiger partial charge >= 0.3 is 0 Å². The Hall–Kier alpha value is -3.61. The Morgan fingerprint density at radius 2 is 2.00 bits per heavy atom. The molecule has 6 rings (SSSR count). The Balaban J connectivity index is 1.20. The van der Waals surface area contributed by atoms with Gasteiger partial charge in [-0.05, 0) is 49.8 Å². The van der Waals surface area contributed by atoms with Crippen molar-refractivity contribution in [2.45, 2.75) is 44.4 Å². The van der Waals surface area contributed by atoms with Gasteiger partial charge in [0.05, 0.1) is 49.6 Å². The molecule has 39 heavy (non-hydrogen) atoms. The highest BCUT2D eigenvalue weighted by Crippen LogP contribution is 2.46. The van der Waals surface area contributed by atoms with E-state index in [0.29, 0.717) is 61.8 Å². The molecular formula is C27H34N8O4. The van der Waals surface area contributed by atoms with E-state index in [2.05, 4.69) is 19.9 Å². The van der Waals surface area contributed by atoms with Crippen molar-refractivity contribution in [1.82, 2.24) is 34.0 Å². The van der Waals surface area contributed by atoms with Crippen molar-refractivity contribution in [3.63, 3.8) is 0 Å². The third-order valence-corrected chi connectivity index (χ3v) is 8.39. The Kier molecular flexibility index (Phi) is 6.48. The number of aliphatic hydroxyl groups is 1. The minimum absolute atomic E-state index is 0.00376. The first-order valence-corrected chi connectivity index (χ1v) is 13.3. The zero-order valence-electron chi connectivity index (χ0n) is 22.3. The topological polar surface area (TPSA) is 146 Å². The highest BCUT2D eigenvalue weighted by molar-refractivity contribution is 5.97. The average Bonchev–Trinajstić information content (AvgIpc) is 3.52. The van der Waals surface area contributed by atoms with Gasteiger partial charge in [-0.2, -0.15) is 0 Å². The molecule has 2 fully saturated rings. The summed E-state index contributed by atoms with van der Waals surface area (Å²) >= 11 is 0. The number of methoxy groups -OCH3 is 1. The molecule has 1 aromatic carbocycles. The number of nitrogen functional groups attached to an aromatic ring is 1. The van der Waals surface area contributed by atoms with E-state index in [4.69, 9.17) is 15.2 Å². The summed E-state index contributed by atoms with van der Waals surface area (Å²) in [5.74, 6) is 0.314. The largest absolute Gasteiger partial charge is 0.386 e. The molecule has 12 nitrogen and oxygen atoms in total. The summed E-state index contributed by atoms with van der Waals surface area (Å²) in [5.41, 5.74) is 8.22. The van der Waals surface area contributed by atoms with Gasteiger partial charge in [-0.3, -0.25) is 4.79 Å². The number of nitrogens with zero attached hydrogens (tertiary/aromatic N) is 7. The molecule has 0 unspecified atom stereocenters. The fourth-order valence-corrected chi connectivity index (χ4v) is 6.04. The van der Waals surface area contributed by atoms with Crippen molar-refractivity contribution < 1.29 is 19.4 Å². The number of fused-ring (bicyclic) bond motifs is 2. The number of ether oxygens (including phenoxy) is 2. The van der Waals surface area contributed by atoms with Crippen LogP contribution in [0.2, 0.25) is 0 Å². The van der Waals surface area contributed by atoms with E-state index in [-0.39, 0.29) is 24.0 Å². The molecule has 0 radical (unpaired) electrons. The Labute approximate surface area is 225 Å². The van der Waals surface area contributed by atoms with Crippen molar-refractivity contribution in [3.8, 4) is 0 Å². The standard InChI is InChI=1S/C27H34N8O4/c1-26(37)13-39-14-27(12-21(26)35-17-32-22-23(28)29-15-30-24(22)35)5-7-33(8-6-27)25(36)18-3-4-20-19(11-18)31-16-34(20)9-10-38-2/h3-4,11,15-17,21,37H,5-10,12-14H2,1-2H3,(H2,28,29,30)/t21-,26-/m1/s1. The molecule has 4 aromatic rings. The maximum absolute atomic E-state index is 13.5. The summed E-state index contributed by atoms with van der Waals surface area (Å²) in [6.45, 7) is 5.03. The number of carbonyl (C=O) groups is 1. The van der Waals surface area contributed by atoms with Crippen LogP contribution in [0.1, 0.15) is 42.6 Å². The van der Waals surface area contributed by atoms with Crippen molar-refractivity contribution in [1.29, 1.82) is 0 Å². The maximum atomic E-state index is 13.5. The van der Waals surface area contributed by atoms with Gasteiger partial charge in [0.15, 0.2) is 11.5 Å². The molecule has 3 N–H and O–H groups in total. The maximum Gasteiger partial charge on any atom is 0.253 e. The Morgan fingerprint density at radius 3 is 2.79 bits per heavy atom. The van der Waals surface area contributed by atoms with E-state index in [0.717, 1.165) is 23.9 Å². The van der Waals surface area contributed by atoms with Gasteiger partial charge in [0.25, 0.3) is 5.91 Å². The van der Waals surface area contributed by atoms with Crippen LogP contribution in [0.4, 0.5) is 5.82 Å². The number of imidazole rings is 2. The number of hydrogen-bond acceptors (Lipinski definition) is 9. The highest BCUT2D eigenvalue weighted by atomic mass is 16.5. The number of nitrogens with two attached hydrogens (primary N) is 1. The molecule has 2 atom stereocenters. The normalized spacial score (nSPS) is 23.5. The zero-order valence-corrected chi connectivity index (χ0v) is 22.3. The van der Waals surface area contributed by atoms with Crippen LogP contribution in [0.5, 0.6) is 0 Å². The smallest absolute Gasteiger partial charge is 0.253 e. The van der Waals surface area contributed by atoms with E-state index in [1.54, 1.807) is 26.7 Å². The number of anilines is 1. The molecule has 0 saturated carbocycles. The molecule has 206 valence electrons. The minimum Gasteiger partial charge on any atom is -0.386 e. The number of carbonyl (C=O) groups excluding carboxylic acids is 1. The summed E-state index contributed by atoms with van der Waals surface area (Å²) in [5, 5.41) is 11.4. The predicted molar refractivity (Wildman–Crippen MR) is 144 cm³/mol. The molecule has 3 aromatic heterocycles. The first kappa shape index (κ1) is 25.7. The lowest BCUT2D eigenvalue weighted by Gasteiger charge is -2.43. The number of aromatic nitrogens is 6. The summed E-state index contributed by atoms with van der Waals surface area (Å²) in [6, 6.07) is 5.37. The first-order chi connectivity index (χ1) is 18.8. The Morgan fingerprint density at radius 1 is 1.18 bits per heavy atom. The first-order valence-electron chi connectivity index (χ1n) is 13.3. The van der Waals surface area contributed by atoms with E-state index < -0.39 is 5.60 Å². The second-order valence-electron chi connectivity index (χ2n) is 11.1. The van der Waals surface area contributed by atoms with Crippen LogP contribution >= 0.6 is 0 Å². The van der Waals surface area contributed by atoms with Crippen molar-refractivity contribution in [2.24, 2.45) is 5.41 Å². The molecule has 0 aliphatic carbocycles. The third-order valence-electron chi connectivity index (χ3n) is 8.39. The highest BCUT2D eigenvalue weighted by Gasteiger charge is 2.47. The van der Waals surface area contributed by atoms with Gasteiger partial charge in [-0.25, -0.2) is 19.9 Å². The minimum atomic E-state index is -1.13. The van der Waals surface area contributed by atoms with Crippen LogP contribution in [-0.4, -0.2) is 90.6 Å². The Bertz CT molecular complexity index is 1500. The molecule has 0 bridgehead atoms. The number of piperidine rings is 1. The van der Waals surface area contributed by atoms with Gasteiger partial charge in [-0.15, -0.1) is 0 Å². The summed E-state index contributed by atoms with van der Waals surface area (Å²) in [4.78, 5) is 32.7. The number of rotatable bonds is 5. The van der Waals surface area contributed by atoms with E-state index >= 15 is 0 Å². The van der Waals surface area contributed by atoms with Crippen molar-refractivity contribution >= 4 is 33.9 Å². The fraction of sp³-hybridized carbons (Fsp3) is 0.519. The van der Waals surface area contributed by atoms with E-state index in [1.807, 2.05) is 32.2 Å². The molecule has 1 spiro atoms. The van der Waals surface area contributed by atoms with Crippen LogP contribution in [0, 0.1) is 5.41 Å². The van der Waals surface area contributed by atoms with Gasteiger partial charge in [0.1, 0.15) is 17.4 Å². The van der Waals surface area contributed by atoms with Gasteiger partial charge in [-0.1, -0.05) is 0 Å². The van der Waals surface area contributed by atoms with E-state index in [9.17, 15) is 9.90 Å². The number of amides is 1. The summed E-state index contributed by atoms with van der Waals surface area (Å²) in [7, 11) is 1.67. The summed E-state index contributed by atoms with van der Waals surface area (Å²) in [6.07, 6.45) is 7.08. The molecule has 5 heterocycles. The number of likely N-dealkylation sites (tertiary alicyclic amines) is 1. The lowest BCUT2D eigenvalue weighted by molar-refractivity contribution is -0.0528. The van der Waals surface area contributed by atoms with Gasteiger partial charge in [0.2, 0.25) is 0 Å². The molecule has 2 saturated heterocycles. The van der Waals surface area contributed by atoms with Crippen LogP contribution in [-0.2, 0) is 16.0 Å². The molecular weight excluding hydrogens is 500 g/mol. The molecule has 12 heteroatoms. The molecule has 1 amide bonds. The fourth-order valence-electron chi connectivity index (χ4n) is 6.04. The van der Waals surface area contributed by atoms with Crippen LogP contribution in [0.15, 0.2) is 37.2 Å². The predicted octanol–water partition coefficient (Wildman–Crippen LogP) is 2.04. The number of benzene rings is 1. The lowest BCUT2D eigenvalue weighted by Crippen LogP contribution is -2.46. The average molecular weight is 535 g/mol. The zero-order chi connectivity index (χ0) is 27.2. The third kappa shape index (κ3) is 4.62. The SMILES string of the molecule is COCCn1cnc2cc(C(=O)N3CCC4(CC3)COC[C@@](C)(O)[C@H](n3cnc5c(N)ncnc53)C4)ccc21. The molecule has 2 aliphatic heterocycles. The monoisotopic (exact) mass is 534 g/mol. The lowest BCUT2D eigenvalue weighted by atomic mass is 9.72. The molecule has 2 aliphatic rings. The van der Waals surface area contributed by atoms with Crippen LogP contribution < -0.4 is 5.73 Å². The summed E-state index contributed by atoms with van der Waals surface area (Å²) < 4.78 is 15.2. The van der Waals surface area contributed by atoms with Crippen LogP contribution in [0.25, 0.3) is 22.2 Å². The van der Waals surface area contributed by atoms with Crippen molar-refractivity contribution in [3.05, 3.63) is 42.7 Å². The van der Waals surface area contributed by atoms with E-state index in [1.165, 1.54) is 6.33 Å². The second-order valence-corrected chi connectivity index (χ2v) is 11.1.